The second-order valence-electron chi connectivity index (χ2n) is 10.6. The summed E-state index contributed by atoms with van der Waals surface area (Å²) < 4.78 is 36.7. The third-order valence-corrected chi connectivity index (χ3v) is 7.96. The third-order valence-electron chi connectivity index (χ3n) is 7.96. The van der Waals surface area contributed by atoms with E-state index < -0.39 is 0 Å². The molecule has 0 bridgehead atoms. The van der Waals surface area contributed by atoms with E-state index in [-0.39, 0.29) is 24.2 Å². The first kappa shape index (κ1) is 29.5. The maximum Gasteiger partial charge on any atom is 0.248 e. The number of halogens is 1. The molecule has 0 radical (unpaired) electrons. The number of likely N-dealkylation sites (N-methyl/N-ethyl adjacent to an activating group) is 1. The number of nitrogens with one attached hydrogen (secondary N) is 1. The molecule has 3 aliphatic heterocycles. The number of piperidine rings is 2. The van der Waals surface area contributed by atoms with Crippen molar-refractivity contribution >= 4 is 11.8 Å². The first-order chi connectivity index (χ1) is 19.0. The number of ether oxygens (including phenoxy) is 4. The Kier molecular flexibility index (Phi) is 11.1. The van der Waals surface area contributed by atoms with Crippen LogP contribution in [-0.2, 0) is 36.6 Å². The summed E-state index contributed by atoms with van der Waals surface area (Å²) in [6, 6.07) is 3.61. The topological polar surface area (TPSA) is 89.6 Å². The molecule has 4 rings (SSSR count). The van der Waals surface area contributed by atoms with Crippen LogP contribution in [0.15, 0.2) is 24.8 Å². The standard InChI is InChI=1S/C29H42FN3O6/c1-3-28(34)31-8-11-36-12-13-37-14-15-38-20-29(35)33-9-6-22-16-21(18-32(2)26(22)19-33)17-24-23-7-10-39-27(23)5-4-25(24)30/h3-5,21-22,26H,1,6-20H2,2H3,(H,31,34)/t21-,22-,26+/m1/s1. The molecule has 1 aromatic carbocycles. The zero-order valence-corrected chi connectivity index (χ0v) is 23.0. The molecule has 0 saturated carbocycles. The van der Waals surface area contributed by atoms with E-state index in [1.807, 2.05) is 4.90 Å². The SMILES string of the molecule is C=CC(=O)NCCOCCOCCOCC(=O)N1CC[C@@H]2C[C@H](Cc3c(F)ccc4c3CCO4)CN(C)[C@H]2C1. The molecule has 2 amide bonds. The Hall–Kier alpha value is -2.53. The van der Waals surface area contributed by atoms with E-state index >= 15 is 0 Å². The lowest BCUT2D eigenvalue weighted by Gasteiger charge is -2.48. The molecule has 0 unspecified atom stereocenters. The summed E-state index contributed by atoms with van der Waals surface area (Å²) in [6.45, 7) is 8.80. The monoisotopic (exact) mass is 547 g/mol. The molecule has 3 aliphatic rings. The largest absolute Gasteiger partial charge is 0.493 e. The van der Waals surface area contributed by atoms with Gasteiger partial charge >= 0.3 is 0 Å². The number of likely N-dealkylation sites (tertiary alicyclic amines) is 2. The van der Waals surface area contributed by atoms with Gasteiger partial charge in [-0.05, 0) is 61.9 Å². The van der Waals surface area contributed by atoms with Crippen LogP contribution in [0.25, 0.3) is 0 Å². The molecule has 9 nitrogen and oxygen atoms in total. The molecule has 39 heavy (non-hydrogen) atoms. The van der Waals surface area contributed by atoms with Gasteiger partial charge in [-0.2, -0.15) is 0 Å². The molecule has 0 aromatic heterocycles. The average molecular weight is 548 g/mol. The van der Waals surface area contributed by atoms with Crippen molar-refractivity contribution in [3.05, 3.63) is 41.7 Å². The summed E-state index contributed by atoms with van der Waals surface area (Å²) in [4.78, 5) is 28.1. The van der Waals surface area contributed by atoms with Gasteiger partial charge in [0, 0.05) is 44.2 Å². The summed E-state index contributed by atoms with van der Waals surface area (Å²) in [6.07, 6.45) is 4.76. The Balaban J connectivity index is 1.10. The summed E-state index contributed by atoms with van der Waals surface area (Å²) in [5, 5.41) is 2.63. The van der Waals surface area contributed by atoms with Crippen molar-refractivity contribution < 1.29 is 32.9 Å². The Morgan fingerprint density at radius 3 is 2.72 bits per heavy atom. The van der Waals surface area contributed by atoms with Crippen LogP contribution in [0.2, 0.25) is 0 Å². The summed E-state index contributed by atoms with van der Waals surface area (Å²) in [5.41, 5.74) is 1.88. The number of carbonyl (C=O) groups is 2. The average Bonchev–Trinajstić information content (AvgIpc) is 3.42. The molecule has 1 aromatic rings. The van der Waals surface area contributed by atoms with Crippen LogP contribution in [0, 0.1) is 17.7 Å². The predicted molar refractivity (Wildman–Crippen MR) is 144 cm³/mol. The fraction of sp³-hybridized carbons (Fsp3) is 0.655. The highest BCUT2D eigenvalue weighted by Gasteiger charge is 2.39. The number of rotatable bonds is 14. The van der Waals surface area contributed by atoms with Gasteiger partial charge in [0.15, 0.2) is 0 Å². The number of carbonyl (C=O) groups excluding carboxylic acids is 2. The minimum Gasteiger partial charge on any atom is -0.493 e. The van der Waals surface area contributed by atoms with E-state index in [9.17, 15) is 14.0 Å². The highest BCUT2D eigenvalue weighted by atomic mass is 19.1. The second kappa shape index (κ2) is 14.7. The Morgan fingerprint density at radius 1 is 1.15 bits per heavy atom. The second-order valence-corrected chi connectivity index (χ2v) is 10.6. The van der Waals surface area contributed by atoms with Crippen LogP contribution in [-0.4, -0.2) is 107 Å². The highest BCUT2D eigenvalue weighted by molar-refractivity contribution is 5.86. The van der Waals surface area contributed by atoms with Crippen molar-refractivity contribution in [2.45, 2.75) is 31.7 Å². The van der Waals surface area contributed by atoms with Gasteiger partial charge < -0.3 is 34.1 Å². The van der Waals surface area contributed by atoms with Gasteiger partial charge in [0.2, 0.25) is 11.8 Å². The van der Waals surface area contributed by atoms with Gasteiger partial charge in [0.1, 0.15) is 18.2 Å². The van der Waals surface area contributed by atoms with Crippen molar-refractivity contribution in [1.29, 1.82) is 0 Å². The van der Waals surface area contributed by atoms with E-state index in [2.05, 4.69) is 23.8 Å². The molecule has 1 N–H and O–H groups in total. The van der Waals surface area contributed by atoms with Crippen LogP contribution >= 0.6 is 0 Å². The van der Waals surface area contributed by atoms with Gasteiger partial charge in [-0.15, -0.1) is 0 Å². The van der Waals surface area contributed by atoms with E-state index in [0.717, 1.165) is 55.6 Å². The van der Waals surface area contributed by atoms with Gasteiger partial charge in [0.05, 0.1) is 39.6 Å². The molecule has 3 heterocycles. The normalized spacial score (nSPS) is 22.6. The number of fused-ring (bicyclic) bond motifs is 2. The number of nitrogens with zero attached hydrogens (tertiary/aromatic N) is 2. The molecule has 10 heteroatoms. The maximum atomic E-state index is 14.7. The van der Waals surface area contributed by atoms with Crippen LogP contribution in [0.4, 0.5) is 4.39 Å². The number of hydrogen-bond acceptors (Lipinski definition) is 7. The summed E-state index contributed by atoms with van der Waals surface area (Å²) in [5.74, 6) is 1.41. The molecule has 0 spiro atoms. The maximum absolute atomic E-state index is 14.7. The zero-order valence-electron chi connectivity index (χ0n) is 23.0. The predicted octanol–water partition coefficient (Wildman–Crippen LogP) is 1.82. The minimum absolute atomic E-state index is 0.01000. The van der Waals surface area contributed by atoms with E-state index in [0.29, 0.717) is 70.6 Å². The molecular formula is C29H42FN3O6. The van der Waals surface area contributed by atoms with E-state index in [4.69, 9.17) is 18.9 Å². The smallest absolute Gasteiger partial charge is 0.248 e. The first-order valence-corrected chi connectivity index (χ1v) is 14.0. The number of benzene rings is 1. The van der Waals surface area contributed by atoms with Gasteiger partial charge in [0.25, 0.3) is 0 Å². The van der Waals surface area contributed by atoms with E-state index in [1.54, 1.807) is 12.1 Å². The molecule has 2 fully saturated rings. The van der Waals surface area contributed by atoms with Crippen LogP contribution in [0.1, 0.15) is 24.0 Å². The zero-order chi connectivity index (χ0) is 27.6. The lowest BCUT2D eigenvalue weighted by Crippen LogP contribution is -2.57. The lowest BCUT2D eigenvalue weighted by molar-refractivity contribution is -0.140. The van der Waals surface area contributed by atoms with Crippen molar-refractivity contribution in [2.24, 2.45) is 11.8 Å². The quantitative estimate of drug-likeness (QED) is 0.281. The van der Waals surface area contributed by atoms with E-state index in [1.165, 1.54) is 6.08 Å². The van der Waals surface area contributed by atoms with Crippen molar-refractivity contribution in [2.75, 3.05) is 79.5 Å². The summed E-state index contributed by atoms with van der Waals surface area (Å²) >= 11 is 0. The Bertz CT molecular complexity index is 992. The van der Waals surface area contributed by atoms with Crippen LogP contribution in [0.5, 0.6) is 5.75 Å². The van der Waals surface area contributed by atoms with Crippen LogP contribution < -0.4 is 10.1 Å². The lowest BCUT2D eigenvalue weighted by atomic mass is 9.76. The number of hydrogen-bond donors (Lipinski definition) is 1. The molecule has 3 atom stereocenters. The van der Waals surface area contributed by atoms with Gasteiger partial charge in [-0.1, -0.05) is 6.58 Å². The van der Waals surface area contributed by atoms with Gasteiger partial charge in [-0.25, -0.2) is 4.39 Å². The molecule has 2 saturated heterocycles. The van der Waals surface area contributed by atoms with Crippen molar-refractivity contribution in [3.63, 3.8) is 0 Å². The van der Waals surface area contributed by atoms with Gasteiger partial charge in [-0.3, -0.25) is 9.59 Å². The summed E-state index contributed by atoms with van der Waals surface area (Å²) in [7, 11) is 2.13. The fourth-order valence-electron chi connectivity index (χ4n) is 6.01. The number of amides is 2. The Morgan fingerprint density at radius 2 is 1.92 bits per heavy atom. The third kappa shape index (κ3) is 8.23. The fourth-order valence-corrected chi connectivity index (χ4v) is 6.01. The highest BCUT2D eigenvalue weighted by Crippen LogP contribution is 2.37. The molecular weight excluding hydrogens is 505 g/mol. The van der Waals surface area contributed by atoms with Crippen LogP contribution in [0.3, 0.4) is 0 Å². The minimum atomic E-state index is -0.222. The first-order valence-electron chi connectivity index (χ1n) is 14.0. The Labute approximate surface area is 230 Å². The molecule has 0 aliphatic carbocycles. The van der Waals surface area contributed by atoms with Crippen molar-refractivity contribution in [1.82, 2.24) is 15.1 Å². The molecule has 216 valence electrons. The van der Waals surface area contributed by atoms with Crippen molar-refractivity contribution in [3.8, 4) is 5.75 Å².